The third kappa shape index (κ3) is 4.46. The zero-order valence-corrected chi connectivity index (χ0v) is 14.0. The smallest absolute Gasteiger partial charge is 0.317 e. The van der Waals surface area contributed by atoms with E-state index in [0.29, 0.717) is 19.6 Å². The predicted octanol–water partition coefficient (Wildman–Crippen LogP) is 3.81. The van der Waals surface area contributed by atoms with E-state index in [4.69, 9.17) is 9.47 Å². The van der Waals surface area contributed by atoms with Gasteiger partial charge in [-0.15, -0.1) is 0 Å². The third-order valence-electron chi connectivity index (χ3n) is 4.00. The summed E-state index contributed by atoms with van der Waals surface area (Å²) in [6.45, 7) is 6.31. The van der Waals surface area contributed by atoms with Gasteiger partial charge in [-0.05, 0) is 20.3 Å². The molecule has 0 bridgehead atoms. The zero-order chi connectivity index (χ0) is 16.4. The fraction of sp³-hybridized carbons (Fsp3) is 0.667. The Morgan fingerprint density at radius 2 is 1.73 bits per heavy atom. The molecule has 0 saturated carbocycles. The summed E-state index contributed by atoms with van der Waals surface area (Å²) in [4.78, 5) is 24.9. The molecule has 1 aliphatic carbocycles. The van der Waals surface area contributed by atoms with Crippen molar-refractivity contribution in [1.29, 1.82) is 0 Å². The van der Waals surface area contributed by atoms with E-state index in [9.17, 15) is 9.59 Å². The summed E-state index contributed by atoms with van der Waals surface area (Å²) < 4.78 is 10.4. The number of hydrogen-bond donors (Lipinski definition) is 0. The molecule has 0 fully saturated rings. The first-order valence-corrected chi connectivity index (χ1v) is 8.32. The Bertz CT molecular complexity index is 425. The van der Waals surface area contributed by atoms with Crippen LogP contribution in [-0.2, 0) is 19.1 Å². The van der Waals surface area contributed by atoms with E-state index in [1.165, 1.54) is 0 Å². The molecule has 0 N–H and O–H groups in total. The van der Waals surface area contributed by atoms with E-state index < -0.39 is 11.3 Å². The van der Waals surface area contributed by atoms with Gasteiger partial charge in [-0.25, -0.2) is 0 Å². The van der Waals surface area contributed by atoms with Gasteiger partial charge in [-0.2, -0.15) is 0 Å². The molecule has 0 aliphatic heterocycles. The van der Waals surface area contributed by atoms with Crippen LogP contribution in [0.5, 0.6) is 0 Å². The molecule has 0 spiro atoms. The molecular weight excluding hydrogens is 280 g/mol. The summed E-state index contributed by atoms with van der Waals surface area (Å²) in [5.41, 5.74) is -0.926. The van der Waals surface area contributed by atoms with Gasteiger partial charge in [0.1, 0.15) is 5.41 Å². The fourth-order valence-electron chi connectivity index (χ4n) is 2.84. The van der Waals surface area contributed by atoms with Crippen molar-refractivity contribution in [2.75, 3.05) is 13.2 Å². The Morgan fingerprint density at radius 3 is 2.36 bits per heavy atom. The van der Waals surface area contributed by atoms with Gasteiger partial charge < -0.3 is 9.47 Å². The monoisotopic (exact) mass is 308 g/mol. The van der Waals surface area contributed by atoms with Crippen LogP contribution in [0.4, 0.5) is 0 Å². The second kappa shape index (κ2) is 9.44. The van der Waals surface area contributed by atoms with Crippen LogP contribution in [-0.4, -0.2) is 25.2 Å². The number of ether oxygens (including phenoxy) is 2. The minimum Gasteiger partial charge on any atom is -0.466 e. The van der Waals surface area contributed by atoms with E-state index >= 15 is 0 Å². The van der Waals surface area contributed by atoms with E-state index in [2.05, 4.69) is 6.92 Å². The van der Waals surface area contributed by atoms with Crippen molar-refractivity contribution < 1.29 is 19.1 Å². The van der Waals surface area contributed by atoms with E-state index in [0.717, 1.165) is 25.7 Å². The molecular formula is C18H28O4. The Kier molecular flexibility index (Phi) is 7.92. The molecule has 0 saturated heterocycles. The second-order valence-electron chi connectivity index (χ2n) is 5.55. The van der Waals surface area contributed by atoms with Crippen LogP contribution < -0.4 is 0 Å². The molecule has 1 rings (SSSR count). The number of hydrogen-bond acceptors (Lipinski definition) is 4. The Balaban J connectivity index is 2.98. The second-order valence-corrected chi connectivity index (χ2v) is 5.55. The van der Waals surface area contributed by atoms with Gasteiger partial charge in [0.05, 0.1) is 19.1 Å². The van der Waals surface area contributed by atoms with Crippen LogP contribution in [0.15, 0.2) is 24.3 Å². The molecule has 2 unspecified atom stereocenters. The van der Waals surface area contributed by atoms with Crippen molar-refractivity contribution in [2.24, 2.45) is 11.3 Å². The standard InChI is InChI=1S/C18H28O4/c1-4-7-8-10-13-18(17(20)22-6-3)14-11-9-12-15(18)16(19)21-5-2/h9,11-12,14-15H,4-8,10,13H2,1-3H3. The van der Waals surface area contributed by atoms with Crippen LogP contribution >= 0.6 is 0 Å². The summed E-state index contributed by atoms with van der Waals surface area (Å²) in [5.74, 6) is -1.28. The van der Waals surface area contributed by atoms with Gasteiger partial charge in [-0.1, -0.05) is 56.9 Å². The molecule has 2 atom stereocenters. The van der Waals surface area contributed by atoms with Gasteiger partial charge in [0.25, 0.3) is 0 Å². The zero-order valence-electron chi connectivity index (χ0n) is 14.0. The highest BCUT2D eigenvalue weighted by Crippen LogP contribution is 2.41. The highest BCUT2D eigenvalue weighted by Gasteiger charge is 2.48. The number of allylic oxidation sites excluding steroid dienone is 2. The molecule has 0 heterocycles. The average Bonchev–Trinajstić information content (AvgIpc) is 2.52. The van der Waals surface area contributed by atoms with Crippen LogP contribution in [0.3, 0.4) is 0 Å². The van der Waals surface area contributed by atoms with Crippen molar-refractivity contribution in [3.8, 4) is 0 Å². The van der Waals surface area contributed by atoms with E-state index in [-0.39, 0.29) is 11.9 Å². The summed E-state index contributed by atoms with van der Waals surface area (Å²) in [6.07, 6.45) is 12.0. The molecule has 0 aromatic heterocycles. The van der Waals surface area contributed by atoms with E-state index in [1.807, 2.05) is 12.2 Å². The number of rotatable bonds is 9. The minimum absolute atomic E-state index is 0.307. The lowest BCUT2D eigenvalue weighted by atomic mass is 9.69. The van der Waals surface area contributed by atoms with Gasteiger partial charge in [-0.3, -0.25) is 9.59 Å². The van der Waals surface area contributed by atoms with Crippen molar-refractivity contribution in [3.63, 3.8) is 0 Å². The van der Waals surface area contributed by atoms with Crippen LogP contribution in [0.1, 0.15) is 52.9 Å². The molecule has 124 valence electrons. The molecule has 4 heteroatoms. The van der Waals surface area contributed by atoms with Gasteiger partial charge in [0.2, 0.25) is 0 Å². The van der Waals surface area contributed by atoms with Crippen LogP contribution in [0, 0.1) is 11.3 Å². The first kappa shape index (κ1) is 18.5. The van der Waals surface area contributed by atoms with Crippen LogP contribution in [0.25, 0.3) is 0 Å². The maximum atomic E-state index is 12.6. The van der Waals surface area contributed by atoms with Gasteiger partial charge in [0.15, 0.2) is 0 Å². The maximum Gasteiger partial charge on any atom is 0.317 e. The maximum absolute atomic E-state index is 12.6. The molecule has 0 aromatic rings. The highest BCUT2D eigenvalue weighted by molar-refractivity contribution is 5.89. The number of unbranched alkanes of at least 4 members (excludes halogenated alkanes) is 3. The first-order chi connectivity index (χ1) is 10.6. The fourth-order valence-corrected chi connectivity index (χ4v) is 2.84. The van der Waals surface area contributed by atoms with Crippen molar-refractivity contribution in [2.45, 2.75) is 52.9 Å². The Hall–Kier alpha value is -1.58. The Labute approximate surface area is 133 Å². The van der Waals surface area contributed by atoms with Crippen molar-refractivity contribution in [3.05, 3.63) is 24.3 Å². The SMILES string of the molecule is CCCCCCC1(C(=O)OCC)C=CC=CC1C(=O)OCC. The molecule has 0 radical (unpaired) electrons. The Morgan fingerprint density at radius 1 is 1.00 bits per heavy atom. The highest BCUT2D eigenvalue weighted by atomic mass is 16.5. The van der Waals surface area contributed by atoms with Crippen molar-refractivity contribution in [1.82, 2.24) is 0 Å². The average molecular weight is 308 g/mol. The van der Waals surface area contributed by atoms with Crippen molar-refractivity contribution >= 4 is 11.9 Å². The molecule has 0 amide bonds. The summed E-state index contributed by atoms with van der Waals surface area (Å²) in [5, 5.41) is 0. The van der Waals surface area contributed by atoms with Crippen LogP contribution in [0.2, 0.25) is 0 Å². The summed E-state index contributed by atoms with van der Waals surface area (Å²) in [7, 11) is 0. The molecule has 0 aromatic carbocycles. The minimum atomic E-state index is -0.926. The lowest BCUT2D eigenvalue weighted by Crippen LogP contribution is -2.43. The predicted molar refractivity (Wildman–Crippen MR) is 86.2 cm³/mol. The number of carbonyl (C=O) groups excluding carboxylic acids is 2. The lowest BCUT2D eigenvalue weighted by Gasteiger charge is -2.34. The third-order valence-corrected chi connectivity index (χ3v) is 4.00. The summed E-state index contributed by atoms with van der Waals surface area (Å²) >= 11 is 0. The number of esters is 2. The normalized spacial score (nSPS) is 23.3. The number of carbonyl (C=O) groups is 2. The molecule has 1 aliphatic rings. The van der Waals surface area contributed by atoms with Gasteiger partial charge >= 0.3 is 11.9 Å². The quantitative estimate of drug-likeness (QED) is 0.480. The van der Waals surface area contributed by atoms with E-state index in [1.54, 1.807) is 26.0 Å². The molecule has 22 heavy (non-hydrogen) atoms. The summed E-state index contributed by atoms with van der Waals surface area (Å²) in [6, 6.07) is 0. The largest absolute Gasteiger partial charge is 0.466 e. The van der Waals surface area contributed by atoms with Gasteiger partial charge in [0, 0.05) is 0 Å². The first-order valence-electron chi connectivity index (χ1n) is 8.32. The lowest BCUT2D eigenvalue weighted by molar-refractivity contribution is -0.164. The topological polar surface area (TPSA) is 52.6 Å². The molecule has 4 nitrogen and oxygen atoms in total.